The Morgan fingerprint density at radius 1 is 1.40 bits per heavy atom. The van der Waals surface area contributed by atoms with Crippen LogP contribution in [-0.2, 0) is 0 Å². The minimum atomic E-state index is -0.654. The SMILES string of the molecule is CCC1C(C)Oc2nc(Cl)c(F)c3nc(SC)nc(c23)NCCN1C. The second-order valence-corrected chi connectivity index (χ2v) is 7.14. The fourth-order valence-corrected chi connectivity index (χ4v) is 3.70. The standard InChI is InChI=1S/C16H21ClFN5OS/c1-5-9-8(2)24-15-10-12(11(18)13(17)21-15)20-16(25-4)22-14(10)19-6-7-23(9)3/h8-9H,5-7H2,1-4H3,(H,19,20,22). The first-order chi connectivity index (χ1) is 12.0. The number of nitrogens with zero attached hydrogens (tertiary/aromatic N) is 4. The van der Waals surface area contributed by atoms with Crippen molar-refractivity contribution < 1.29 is 9.13 Å². The number of ether oxygens (including phenoxy) is 1. The average molecular weight is 386 g/mol. The summed E-state index contributed by atoms with van der Waals surface area (Å²) in [7, 11) is 2.06. The number of hydrogen-bond donors (Lipinski definition) is 1. The first-order valence-corrected chi connectivity index (χ1v) is 9.78. The maximum atomic E-state index is 14.6. The van der Waals surface area contributed by atoms with Crippen LogP contribution >= 0.6 is 23.4 Å². The third kappa shape index (κ3) is 3.47. The van der Waals surface area contributed by atoms with E-state index in [4.69, 9.17) is 16.3 Å². The van der Waals surface area contributed by atoms with Crippen molar-refractivity contribution >= 4 is 40.1 Å². The first-order valence-electron chi connectivity index (χ1n) is 8.17. The van der Waals surface area contributed by atoms with Gasteiger partial charge >= 0.3 is 0 Å². The van der Waals surface area contributed by atoms with Gasteiger partial charge < -0.3 is 10.1 Å². The van der Waals surface area contributed by atoms with Gasteiger partial charge in [-0.15, -0.1) is 0 Å². The molecule has 0 aliphatic carbocycles. The lowest BCUT2D eigenvalue weighted by Gasteiger charge is -2.33. The summed E-state index contributed by atoms with van der Waals surface area (Å²) in [5.41, 5.74) is 0.131. The highest BCUT2D eigenvalue weighted by molar-refractivity contribution is 7.98. The summed E-state index contributed by atoms with van der Waals surface area (Å²) in [5, 5.41) is 3.93. The van der Waals surface area contributed by atoms with Crippen LogP contribution < -0.4 is 10.1 Å². The number of anilines is 1. The largest absolute Gasteiger partial charge is 0.472 e. The van der Waals surface area contributed by atoms with E-state index < -0.39 is 5.82 Å². The second-order valence-electron chi connectivity index (χ2n) is 6.01. The van der Waals surface area contributed by atoms with Crippen molar-refractivity contribution in [2.45, 2.75) is 37.6 Å². The zero-order chi connectivity index (χ0) is 18.1. The van der Waals surface area contributed by atoms with Gasteiger partial charge in [0.25, 0.3) is 0 Å². The van der Waals surface area contributed by atoms with E-state index in [9.17, 15) is 4.39 Å². The number of hydrogen-bond acceptors (Lipinski definition) is 7. The molecule has 0 bridgehead atoms. The van der Waals surface area contributed by atoms with E-state index in [0.717, 1.165) is 13.0 Å². The van der Waals surface area contributed by atoms with Gasteiger partial charge in [0.1, 0.15) is 22.8 Å². The van der Waals surface area contributed by atoms with Crippen LogP contribution in [0.3, 0.4) is 0 Å². The normalized spacial score (nSPS) is 21.7. The van der Waals surface area contributed by atoms with Crippen LogP contribution in [0.25, 0.3) is 10.9 Å². The molecule has 2 atom stereocenters. The Balaban J connectivity index is 2.23. The van der Waals surface area contributed by atoms with E-state index in [1.807, 2.05) is 13.2 Å². The van der Waals surface area contributed by atoms with Crippen molar-refractivity contribution in [3.05, 3.63) is 11.0 Å². The van der Waals surface area contributed by atoms with E-state index in [0.29, 0.717) is 22.9 Å². The predicted molar refractivity (Wildman–Crippen MR) is 99.4 cm³/mol. The number of rotatable bonds is 2. The number of nitrogens with one attached hydrogen (secondary N) is 1. The molecule has 0 aromatic carbocycles. The summed E-state index contributed by atoms with van der Waals surface area (Å²) in [5.74, 6) is 0.124. The maximum Gasteiger partial charge on any atom is 0.228 e. The van der Waals surface area contributed by atoms with E-state index in [2.05, 4.69) is 39.1 Å². The Bertz CT molecular complexity index is 793. The highest BCUT2D eigenvalue weighted by Crippen LogP contribution is 2.36. The molecule has 136 valence electrons. The number of pyridine rings is 1. The second kappa shape index (κ2) is 7.47. The Morgan fingerprint density at radius 2 is 2.16 bits per heavy atom. The lowest BCUT2D eigenvalue weighted by Crippen LogP contribution is -2.44. The zero-order valence-corrected chi connectivity index (χ0v) is 16.2. The van der Waals surface area contributed by atoms with Crippen LogP contribution in [0, 0.1) is 5.82 Å². The van der Waals surface area contributed by atoms with Crippen molar-refractivity contribution in [1.82, 2.24) is 19.9 Å². The van der Waals surface area contributed by atoms with Crippen LogP contribution in [0.2, 0.25) is 5.15 Å². The molecule has 0 saturated heterocycles. The molecule has 0 saturated carbocycles. The van der Waals surface area contributed by atoms with Gasteiger partial charge in [-0.1, -0.05) is 30.3 Å². The van der Waals surface area contributed by atoms with Gasteiger partial charge in [0.2, 0.25) is 5.88 Å². The summed E-state index contributed by atoms with van der Waals surface area (Å²) in [6.07, 6.45) is 2.62. The summed E-state index contributed by atoms with van der Waals surface area (Å²) in [6, 6.07) is 0.204. The quantitative estimate of drug-likeness (QED) is 0.482. The van der Waals surface area contributed by atoms with Crippen LogP contribution in [-0.4, -0.2) is 58.4 Å². The maximum absolute atomic E-state index is 14.6. The van der Waals surface area contributed by atoms with Gasteiger partial charge in [0, 0.05) is 19.1 Å². The van der Waals surface area contributed by atoms with Gasteiger partial charge in [-0.2, -0.15) is 4.98 Å². The molecule has 6 nitrogen and oxygen atoms in total. The van der Waals surface area contributed by atoms with Crippen LogP contribution in [0.1, 0.15) is 20.3 Å². The fraction of sp³-hybridized carbons (Fsp3) is 0.562. The lowest BCUT2D eigenvalue weighted by atomic mass is 10.1. The molecule has 2 aromatic heterocycles. The number of aromatic nitrogens is 3. The van der Waals surface area contributed by atoms with Crippen LogP contribution in [0.5, 0.6) is 5.88 Å². The third-order valence-corrected chi connectivity index (χ3v) is 5.25. The topological polar surface area (TPSA) is 63.2 Å². The van der Waals surface area contributed by atoms with Gasteiger partial charge in [0.05, 0.1) is 0 Å². The molecule has 0 amide bonds. The molecular weight excluding hydrogens is 365 g/mol. The smallest absolute Gasteiger partial charge is 0.228 e. The molecule has 3 rings (SSSR count). The Morgan fingerprint density at radius 3 is 2.84 bits per heavy atom. The summed E-state index contributed by atoms with van der Waals surface area (Å²) in [4.78, 5) is 15.1. The molecule has 1 N–H and O–H groups in total. The van der Waals surface area contributed by atoms with Crippen LogP contribution in [0.15, 0.2) is 5.16 Å². The van der Waals surface area contributed by atoms with Crippen molar-refractivity contribution in [3.8, 4) is 5.88 Å². The molecular formula is C16H21ClFN5OS. The van der Waals surface area contributed by atoms with E-state index in [1.54, 1.807) is 0 Å². The van der Waals surface area contributed by atoms with Gasteiger partial charge in [-0.25, -0.2) is 14.4 Å². The molecule has 0 radical (unpaired) electrons. The fourth-order valence-electron chi connectivity index (χ4n) is 3.17. The van der Waals surface area contributed by atoms with Gasteiger partial charge in [0.15, 0.2) is 16.1 Å². The zero-order valence-electron chi connectivity index (χ0n) is 14.6. The molecule has 25 heavy (non-hydrogen) atoms. The minimum absolute atomic E-state index is 0.131. The average Bonchev–Trinajstić information content (AvgIpc) is 2.58. The summed E-state index contributed by atoms with van der Waals surface area (Å²) in [6.45, 7) is 5.58. The van der Waals surface area contributed by atoms with Crippen molar-refractivity contribution in [1.29, 1.82) is 0 Å². The lowest BCUT2D eigenvalue weighted by molar-refractivity contribution is 0.0914. The predicted octanol–water partition coefficient (Wildman–Crippen LogP) is 3.44. The van der Waals surface area contributed by atoms with Crippen LogP contribution in [0.4, 0.5) is 10.2 Å². The van der Waals surface area contributed by atoms with Gasteiger partial charge in [-0.3, -0.25) is 4.90 Å². The van der Waals surface area contributed by atoms with E-state index >= 15 is 0 Å². The van der Waals surface area contributed by atoms with Crippen molar-refractivity contribution in [3.63, 3.8) is 0 Å². The number of thioether (sulfide) groups is 1. The minimum Gasteiger partial charge on any atom is -0.472 e. The van der Waals surface area contributed by atoms with Gasteiger partial charge in [-0.05, 0) is 26.6 Å². The first kappa shape index (κ1) is 18.4. The monoisotopic (exact) mass is 385 g/mol. The molecule has 2 aromatic rings. The molecule has 1 aliphatic rings. The summed E-state index contributed by atoms with van der Waals surface area (Å²) < 4.78 is 20.7. The Hall–Kier alpha value is -1.38. The number of likely N-dealkylation sites (N-methyl/N-ethyl adjacent to an activating group) is 1. The highest BCUT2D eigenvalue weighted by atomic mass is 35.5. The molecule has 3 heterocycles. The molecule has 2 unspecified atom stereocenters. The summed E-state index contributed by atoms with van der Waals surface area (Å²) >= 11 is 7.33. The van der Waals surface area contributed by atoms with E-state index in [1.165, 1.54) is 11.8 Å². The Kier molecular flexibility index (Phi) is 5.50. The Labute approximate surface area is 155 Å². The highest BCUT2D eigenvalue weighted by Gasteiger charge is 2.27. The molecule has 0 fully saturated rings. The molecule has 9 heteroatoms. The third-order valence-electron chi connectivity index (χ3n) is 4.45. The van der Waals surface area contributed by atoms with Crippen molar-refractivity contribution in [2.75, 3.05) is 31.7 Å². The molecule has 0 spiro atoms. The van der Waals surface area contributed by atoms with E-state index in [-0.39, 0.29) is 28.7 Å². The number of halogens is 2. The molecule has 1 aliphatic heterocycles. The van der Waals surface area contributed by atoms with Crippen molar-refractivity contribution in [2.24, 2.45) is 0 Å².